The van der Waals surface area contributed by atoms with Gasteiger partial charge in [-0.25, -0.2) is 0 Å². The number of ether oxygens (including phenoxy) is 1. The molecular formula is C17H28NO+. The van der Waals surface area contributed by atoms with Crippen molar-refractivity contribution in [3.8, 4) is 5.75 Å². The Hall–Kier alpha value is -1.02. The third-order valence-electron chi connectivity index (χ3n) is 4.02. The summed E-state index contributed by atoms with van der Waals surface area (Å²) in [5.74, 6) is 1.61. The number of quaternary nitrogens is 1. The minimum atomic E-state index is 0.565. The first kappa shape index (κ1) is 14.4. The van der Waals surface area contributed by atoms with Gasteiger partial charge in [0.25, 0.3) is 0 Å². The highest BCUT2D eigenvalue weighted by Gasteiger charge is 2.13. The lowest BCUT2D eigenvalue weighted by Crippen LogP contribution is -3.13. The van der Waals surface area contributed by atoms with Gasteiger partial charge < -0.3 is 9.64 Å². The first-order chi connectivity index (χ1) is 9.15. The molecule has 1 fully saturated rings. The molecule has 2 heteroatoms. The van der Waals surface area contributed by atoms with E-state index < -0.39 is 0 Å². The van der Waals surface area contributed by atoms with E-state index in [0.29, 0.717) is 5.92 Å². The Morgan fingerprint density at radius 1 is 1.11 bits per heavy atom. The van der Waals surface area contributed by atoms with E-state index in [2.05, 4.69) is 39.0 Å². The molecule has 1 aliphatic heterocycles. The van der Waals surface area contributed by atoms with Crippen molar-refractivity contribution in [1.82, 2.24) is 0 Å². The van der Waals surface area contributed by atoms with Crippen molar-refractivity contribution in [1.29, 1.82) is 0 Å². The molecule has 19 heavy (non-hydrogen) atoms. The minimum Gasteiger partial charge on any atom is -0.488 e. The van der Waals surface area contributed by atoms with Crippen LogP contribution in [0.15, 0.2) is 18.2 Å². The van der Waals surface area contributed by atoms with E-state index in [1.807, 2.05) is 0 Å². The highest BCUT2D eigenvalue weighted by atomic mass is 16.5. The molecule has 1 N–H and O–H groups in total. The third-order valence-corrected chi connectivity index (χ3v) is 4.02. The van der Waals surface area contributed by atoms with Crippen LogP contribution in [-0.2, 0) is 0 Å². The molecule has 2 nitrogen and oxygen atoms in total. The van der Waals surface area contributed by atoms with Crippen molar-refractivity contribution >= 4 is 0 Å². The maximum Gasteiger partial charge on any atom is 0.137 e. The van der Waals surface area contributed by atoms with E-state index in [1.54, 1.807) is 4.90 Å². The summed E-state index contributed by atoms with van der Waals surface area (Å²) in [5.41, 5.74) is 2.67. The number of piperidine rings is 1. The molecule has 1 aromatic rings. The molecule has 0 aromatic heterocycles. The smallest absolute Gasteiger partial charge is 0.137 e. The lowest BCUT2D eigenvalue weighted by atomic mass is 10.0. The van der Waals surface area contributed by atoms with Gasteiger partial charge in [0, 0.05) is 0 Å². The molecule has 0 bridgehead atoms. The van der Waals surface area contributed by atoms with Gasteiger partial charge in [0.15, 0.2) is 0 Å². The van der Waals surface area contributed by atoms with Crippen LogP contribution in [0.4, 0.5) is 0 Å². The SMILES string of the molecule is Cc1cc(OCC[NH+]2CCCCC2)cc(C(C)C)c1. The molecule has 1 heterocycles. The predicted molar refractivity (Wildman–Crippen MR) is 80.2 cm³/mol. The van der Waals surface area contributed by atoms with Gasteiger partial charge in [-0.2, -0.15) is 0 Å². The van der Waals surface area contributed by atoms with Crippen molar-refractivity contribution in [2.75, 3.05) is 26.2 Å². The number of benzene rings is 1. The molecule has 0 saturated carbocycles. The molecule has 1 aromatic carbocycles. The number of aryl methyl sites for hydroxylation is 1. The number of nitrogens with one attached hydrogen (secondary N) is 1. The van der Waals surface area contributed by atoms with E-state index in [9.17, 15) is 0 Å². The Kier molecular flexibility index (Phi) is 5.26. The van der Waals surface area contributed by atoms with Gasteiger partial charge in [-0.1, -0.05) is 19.9 Å². The zero-order valence-electron chi connectivity index (χ0n) is 12.7. The molecule has 0 spiro atoms. The predicted octanol–water partition coefficient (Wildman–Crippen LogP) is 2.57. The van der Waals surface area contributed by atoms with Crippen LogP contribution in [-0.4, -0.2) is 26.2 Å². The van der Waals surface area contributed by atoms with Gasteiger partial charge in [0.1, 0.15) is 18.9 Å². The lowest BCUT2D eigenvalue weighted by molar-refractivity contribution is -0.904. The van der Waals surface area contributed by atoms with Crippen molar-refractivity contribution < 1.29 is 9.64 Å². The van der Waals surface area contributed by atoms with Crippen molar-refractivity contribution in [2.24, 2.45) is 0 Å². The summed E-state index contributed by atoms with van der Waals surface area (Å²) in [4.78, 5) is 1.71. The topological polar surface area (TPSA) is 13.7 Å². The standard InChI is InChI=1S/C17H27NO/c1-14(2)16-11-15(3)12-17(13-16)19-10-9-18-7-5-4-6-8-18/h11-14H,4-10H2,1-3H3/p+1. The van der Waals surface area contributed by atoms with E-state index in [-0.39, 0.29) is 0 Å². The summed E-state index contributed by atoms with van der Waals surface area (Å²) in [5, 5.41) is 0. The maximum atomic E-state index is 5.96. The van der Waals surface area contributed by atoms with E-state index >= 15 is 0 Å². The van der Waals surface area contributed by atoms with E-state index in [0.717, 1.165) is 18.9 Å². The molecule has 0 aliphatic carbocycles. The monoisotopic (exact) mass is 262 g/mol. The van der Waals surface area contributed by atoms with Gasteiger partial charge >= 0.3 is 0 Å². The number of hydrogen-bond acceptors (Lipinski definition) is 1. The average molecular weight is 262 g/mol. The maximum absolute atomic E-state index is 5.96. The number of hydrogen-bond donors (Lipinski definition) is 1. The van der Waals surface area contributed by atoms with Gasteiger partial charge in [-0.3, -0.25) is 0 Å². The zero-order valence-corrected chi connectivity index (χ0v) is 12.7. The van der Waals surface area contributed by atoms with Crippen molar-refractivity contribution in [2.45, 2.75) is 46.0 Å². The molecular weight excluding hydrogens is 234 g/mol. The summed E-state index contributed by atoms with van der Waals surface area (Å²) in [6.07, 6.45) is 4.19. The summed E-state index contributed by atoms with van der Waals surface area (Å²) in [7, 11) is 0. The van der Waals surface area contributed by atoms with Crippen LogP contribution < -0.4 is 9.64 Å². The highest BCUT2D eigenvalue weighted by molar-refractivity contribution is 5.35. The molecule has 0 amide bonds. The third kappa shape index (κ3) is 4.54. The Bertz CT molecular complexity index is 394. The average Bonchev–Trinajstić information content (AvgIpc) is 2.39. The van der Waals surface area contributed by atoms with Gasteiger partial charge in [0.05, 0.1) is 13.1 Å². The quantitative estimate of drug-likeness (QED) is 0.861. The zero-order chi connectivity index (χ0) is 13.7. The van der Waals surface area contributed by atoms with E-state index in [1.165, 1.54) is 43.5 Å². The molecule has 2 rings (SSSR count). The Labute approximate surface area is 117 Å². The second kappa shape index (κ2) is 6.95. The summed E-state index contributed by atoms with van der Waals surface area (Å²) < 4.78 is 5.96. The number of likely N-dealkylation sites (tertiary alicyclic amines) is 1. The first-order valence-electron chi connectivity index (χ1n) is 7.73. The Morgan fingerprint density at radius 2 is 1.84 bits per heavy atom. The van der Waals surface area contributed by atoms with Crippen molar-refractivity contribution in [3.63, 3.8) is 0 Å². The molecule has 0 atom stereocenters. The fraction of sp³-hybridized carbons (Fsp3) is 0.647. The van der Waals surface area contributed by atoms with Crippen LogP contribution in [0.1, 0.15) is 50.2 Å². The Balaban J connectivity index is 1.84. The van der Waals surface area contributed by atoms with Crippen molar-refractivity contribution in [3.05, 3.63) is 29.3 Å². The molecule has 1 saturated heterocycles. The van der Waals surface area contributed by atoms with Crippen LogP contribution in [0.3, 0.4) is 0 Å². The summed E-state index contributed by atoms with van der Waals surface area (Å²) in [6, 6.07) is 6.61. The largest absolute Gasteiger partial charge is 0.488 e. The molecule has 1 aliphatic rings. The summed E-state index contributed by atoms with van der Waals surface area (Å²) >= 11 is 0. The Morgan fingerprint density at radius 3 is 2.53 bits per heavy atom. The van der Waals surface area contributed by atoms with Crippen LogP contribution in [0.2, 0.25) is 0 Å². The van der Waals surface area contributed by atoms with Crippen LogP contribution in [0.25, 0.3) is 0 Å². The molecule has 0 radical (unpaired) electrons. The number of rotatable bonds is 5. The fourth-order valence-corrected chi connectivity index (χ4v) is 2.81. The normalized spacial score (nSPS) is 16.8. The van der Waals surface area contributed by atoms with E-state index in [4.69, 9.17) is 4.74 Å². The van der Waals surface area contributed by atoms with Gasteiger partial charge in [0.2, 0.25) is 0 Å². The van der Waals surface area contributed by atoms with Crippen LogP contribution in [0, 0.1) is 6.92 Å². The second-order valence-electron chi connectivity index (χ2n) is 6.14. The molecule has 106 valence electrons. The minimum absolute atomic E-state index is 0.565. The van der Waals surface area contributed by atoms with Crippen LogP contribution in [0.5, 0.6) is 5.75 Å². The summed E-state index contributed by atoms with van der Waals surface area (Å²) in [6.45, 7) is 11.3. The second-order valence-corrected chi connectivity index (χ2v) is 6.14. The first-order valence-corrected chi connectivity index (χ1v) is 7.73. The van der Waals surface area contributed by atoms with Gasteiger partial charge in [-0.15, -0.1) is 0 Å². The lowest BCUT2D eigenvalue weighted by Gasteiger charge is -2.23. The van der Waals surface area contributed by atoms with Crippen LogP contribution >= 0.6 is 0 Å². The molecule has 0 unspecified atom stereocenters. The highest BCUT2D eigenvalue weighted by Crippen LogP contribution is 2.22. The fourth-order valence-electron chi connectivity index (χ4n) is 2.81. The van der Waals surface area contributed by atoms with Gasteiger partial charge in [-0.05, 0) is 55.4 Å².